The number of nitrogens with one attached hydrogen (secondary N) is 1. The Kier molecular flexibility index (Phi) is 3.44. The van der Waals surface area contributed by atoms with E-state index >= 15 is 0 Å². The monoisotopic (exact) mass is 267 g/mol. The Morgan fingerprint density at radius 2 is 1.84 bits per heavy atom. The molecule has 4 heteroatoms. The molecule has 1 aliphatic carbocycles. The second-order valence-corrected chi connectivity index (χ2v) is 5.65. The molecule has 1 unspecified atom stereocenters. The number of hydrogen-bond donors (Lipinski definition) is 1. The molecular weight excluding hydrogens is 248 g/mol. The molecule has 0 amide bonds. The highest BCUT2D eigenvalue weighted by Crippen LogP contribution is 2.43. The molecule has 1 aromatic rings. The minimum Gasteiger partial charge on any atom is -0.378 e. The van der Waals surface area contributed by atoms with Gasteiger partial charge in [0, 0.05) is 6.54 Å². The van der Waals surface area contributed by atoms with E-state index in [1.165, 1.54) is 31.0 Å². The van der Waals surface area contributed by atoms with E-state index < -0.39 is 11.6 Å². The fourth-order valence-corrected chi connectivity index (χ4v) is 3.31. The number of anilines is 1. The lowest BCUT2D eigenvalue weighted by molar-refractivity contribution is -0.0307. The van der Waals surface area contributed by atoms with Crippen LogP contribution < -0.4 is 5.32 Å². The molecule has 1 aliphatic heterocycles. The van der Waals surface area contributed by atoms with Gasteiger partial charge in [-0.05, 0) is 37.8 Å². The van der Waals surface area contributed by atoms with Gasteiger partial charge in [-0.2, -0.15) is 0 Å². The molecule has 3 rings (SSSR count). The molecule has 2 aliphatic rings. The molecule has 1 saturated heterocycles. The Balaban J connectivity index is 1.59. The number of ether oxygens (including phenoxy) is 1. The van der Waals surface area contributed by atoms with Crippen molar-refractivity contribution in [3.8, 4) is 0 Å². The van der Waals surface area contributed by atoms with E-state index in [0.717, 1.165) is 25.7 Å². The number of hydrogen-bond acceptors (Lipinski definition) is 2. The molecule has 2 fully saturated rings. The first-order valence-corrected chi connectivity index (χ1v) is 7.04. The number of benzene rings is 1. The lowest BCUT2D eigenvalue weighted by Crippen LogP contribution is -2.28. The quantitative estimate of drug-likeness (QED) is 0.897. The summed E-state index contributed by atoms with van der Waals surface area (Å²) in [6, 6.07) is 3.90. The molecule has 1 N–H and O–H groups in total. The molecule has 1 heterocycles. The van der Waals surface area contributed by atoms with Crippen LogP contribution in [-0.2, 0) is 4.74 Å². The van der Waals surface area contributed by atoms with Gasteiger partial charge in [0.15, 0.2) is 0 Å². The van der Waals surface area contributed by atoms with Crippen LogP contribution in [0.2, 0.25) is 0 Å². The van der Waals surface area contributed by atoms with Crippen LogP contribution in [0.15, 0.2) is 18.2 Å². The maximum atomic E-state index is 13.5. The number of para-hydroxylation sites is 1. The summed E-state index contributed by atoms with van der Waals surface area (Å²) in [5, 5.41) is 2.85. The van der Waals surface area contributed by atoms with Gasteiger partial charge in [0.05, 0.1) is 11.7 Å². The first kappa shape index (κ1) is 12.9. The summed E-state index contributed by atoms with van der Waals surface area (Å²) in [7, 11) is 0. The minimum atomic E-state index is -0.548. The largest absolute Gasteiger partial charge is 0.378 e. The lowest BCUT2D eigenvalue weighted by atomic mass is 9.98. The minimum absolute atomic E-state index is 0.0431. The van der Waals surface area contributed by atoms with Gasteiger partial charge in [0.25, 0.3) is 0 Å². The van der Waals surface area contributed by atoms with Crippen molar-refractivity contribution in [2.45, 2.75) is 50.2 Å². The van der Waals surface area contributed by atoms with Crippen molar-refractivity contribution >= 4 is 5.69 Å². The summed E-state index contributed by atoms with van der Waals surface area (Å²) in [5.74, 6) is -1.10. The molecule has 0 aromatic heterocycles. The van der Waals surface area contributed by atoms with Gasteiger partial charge in [-0.3, -0.25) is 0 Å². The fourth-order valence-electron chi connectivity index (χ4n) is 3.31. The van der Waals surface area contributed by atoms with Gasteiger partial charge in [-0.1, -0.05) is 18.9 Å². The third-order valence-electron chi connectivity index (χ3n) is 4.32. The predicted molar refractivity (Wildman–Crippen MR) is 70.2 cm³/mol. The maximum absolute atomic E-state index is 13.5. The van der Waals surface area contributed by atoms with Gasteiger partial charge in [0.1, 0.15) is 17.3 Å². The average molecular weight is 267 g/mol. The SMILES string of the molecule is Fc1cccc(F)c1NCC1CCC2(CCCC2)O1. The van der Waals surface area contributed by atoms with E-state index in [1.54, 1.807) is 0 Å². The van der Waals surface area contributed by atoms with Crippen LogP contribution >= 0.6 is 0 Å². The van der Waals surface area contributed by atoms with Crippen LogP contribution in [0.4, 0.5) is 14.5 Å². The zero-order valence-electron chi connectivity index (χ0n) is 10.9. The van der Waals surface area contributed by atoms with Gasteiger partial charge in [0.2, 0.25) is 0 Å². The van der Waals surface area contributed by atoms with Crippen molar-refractivity contribution in [3.63, 3.8) is 0 Å². The predicted octanol–water partition coefficient (Wildman–Crippen LogP) is 3.87. The molecule has 1 atom stereocenters. The molecule has 104 valence electrons. The highest BCUT2D eigenvalue weighted by atomic mass is 19.1. The zero-order valence-corrected chi connectivity index (χ0v) is 10.9. The van der Waals surface area contributed by atoms with Crippen LogP contribution in [0.5, 0.6) is 0 Å². The van der Waals surface area contributed by atoms with E-state index in [4.69, 9.17) is 4.74 Å². The highest BCUT2D eigenvalue weighted by molar-refractivity contribution is 5.46. The third-order valence-corrected chi connectivity index (χ3v) is 4.32. The van der Waals surface area contributed by atoms with Crippen molar-refractivity contribution in [2.24, 2.45) is 0 Å². The molecule has 0 radical (unpaired) electrons. The fraction of sp³-hybridized carbons (Fsp3) is 0.600. The summed E-state index contributed by atoms with van der Waals surface area (Å²) in [5.41, 5.74) is 0.0265. The highest BCUT2D eigenvalue weighted by Gasteiger charge is 2.41. The van der Waals surface area contributed by atoms with E-state index in [0.29, 0.717) is 6.54 Å². The summed E-state index contributed by atoms with van der Waals surface area (Å²) >= 11 is 0. The summed E-state index contributed by atoms with van der Waals surface area (Å²) in [6.45, 7) is 0.472. The Morgan fingerprint density at radius 1 is 1.16 bits per heavy atom. The number of rotatable bonds is 3. The zero-order chi connectivity index (χ0) is 13.3. The Morgan fingerprint density at radius 3 is 2.53 bits per heavy atom. The molecule has 19 heavy (non-hydrogen) atoms. The van der Waals surface area contributed by atoms with Gasteiger partial charge in [-0.15, -0.1) is 0 Å². The molecule has 1 spiro atoms. The van der Waals surface area contributed by atoms with E-state index in [9.17, 15) is 8.78 Å². The van der Waals surface area contributed by atoms with Crippen molar-refractivity contribution in [2.75, 3.05) is 11.9 Å². The summed E-state index contributed by atoms with van der Waals surface area (Å²) in [4.78, 5) is 0. The first-order valence-electron chi connectivity index (χ1n) is 7.04. The van der Waals surface area contributed by atoms with Crippen LogP contribution in [0, 0.1) is 11.6 Å². The smallest absolute Gasteiger partial charge is 0.149 e. The maximum Gasteiger partial charge on any atom is 0.149 e. The van der Waals surface area contributed by atoms with Gasteiger partial charge < -0.3 is 10.1 Å². The topological polar surface area (TPSA) is 21.3 Å². The summed E-state index contributed by atoms with van der Waals surface area (Å²) < 4.78 is 33.1. The van der Waals surface area contributed by atoms with Crippen LogP contribution in [0.3, 0.4) is 0 Å². The second kappa shape index (κ2) is 5.08. The third kappa shape index (κ3) is 2.59. The van der Waals surface area contributed by atoms with Gasteiger partial charge in [-0.25, -0.2) is 8.78 Å². The van der Waals surface area contributed by atoms with Crippen LogP contribution in [-0.4, -0.2) is 18.2 Å². The lowest BCUT2D eigenvalue weighted by Gasteiger charge is -2.24. The Bertz CT molecular complexity index is 437. The van der Waals surface area contributed by atoms with E-state index in [2.05, 4.69) is 5.32 Å². The Labute approximate surface area is 112 Å². The number of halogens is 2. The van der Waals surface area contributed by atoms with Gasteiger partial charge >= 0.3 is 0 Å². The standard InChI is InChI=1S/C15H19F2NO/c16-12-4-3-5-13(17)14(12)18-10-11-6-9-15(19-11)7-1-2-8-15/h3-5,11,18H,1-2,6-10H2. The molecule has 0 bridgehead atoms. The van der Waals surface area contributed by atoms with E-state index in [1.807, 2.05) is 0 Å². The molecule has 1 aromatic carbocycles. The van der Waals surface area contributed by atoms with Crippen molar-refractivity contribution in [3.05, 3.63) is 29.8 Å². The van der Waals surface area contributed by atoms with Crippen LogP contribution in [0.25, 0.3) is 0 Å². The van der Waals surface area contributed by atoms with Crippen molar-refractivity contribution < 1.29 is 13.5 Å². The normalized spacial score (nSPS) is 25.1. The van der Waals surface area contributed by atoms with Crippen molar-refractivity contribution in [1.29, 1.82) is 0 Å². The molecule has 2 nitrogen and oxygen atoms in total. The van der Waals surface area contributed by atoms with Crippen molar-refractivity contribution in [1.82, 2.24) is 0 Å². The van der Waals surface area contributed by atoms with E-state index in [-0.39, 0.29) is 17.4 Å². The molecule has 1 saturated carbocycles. The first-order chi connectivity index (χ1) is 9.19. The average Bonchev–Trinajstić information content (AvgIpc) is 3.00. The van der Waals surface area contributed by atoms with Crippen LogP contribution in [0.1, 0.15) is 38.5 Å². The molecular formula is C15H19F2NO. The second-order valence-electron chi connectivity index (χ2n) is 5.65. The Hall–Kier alpha value is -1.16. The summed E-state index contributed by atoms with van der Waals surface area (Å²) in [6.07, 6.45) is 6.87.